The van der Waals surface area contributed by atoms with E-state index in [1.54, 1.807) is 11.0 Å². The number of nitrogens with zero attached hydrogens (tertiary/aromatic N) is 1. The molecule has 3 nitrogen and oxygen atoms in total. The number of anilines is 1. The highest BCUT2D eigenvalue weighted by Crippen LogP contribution is 2.19. The van der Waals surface area contributed by atoms with Crippen LogP contribution >= 0.6 is 23.2 Å². The number of alkyl halides is 2. The summed E-state index contributed by atoms with van der Waals surface area (Å²) in [4.78, 5) is 12.5. The standard InChI is InChI=1S/C11H12Cl2FNO2/c12-3-5-15(6-4-13)8-1-2-9(11(16)17)10(14)7-8/h1-2,7H,3-6H2,(H,16,17). The molecule has 94 valence electrons. The van der Waals surface area contributed by atoms with Crippen molar-refractivity contribution in [3.63, 3.8) is 0 Å². The first-order chi connectivity index (χ1) is 8.10. The molecule has 0 aliphatic carbocycles. The molecule has 0 aliphatic heterocycles. The van der Waals surface area contributed by atoms with Crippen LogP contribution in [-0.2, 0) is 0 Å². The summed E-state index contributed by atoms with van der Waals surface area (Å²) in [6, 6.07) is 3.97. The maximum atomic E-state index is 13.5. The van der Waals surface area contributed by atoms with Crippen LogP contribution in [0.15, 0.2) is 18.2 Å². The predicted octanol–water partition coefficient (Wildman–Crippen LogP) is 2.81. The second kappa shape index (κ2) is 6.67. The monoisotopic (exact) mass is 279 g/mol. The van der Waals surface area contributed by atoms with E-state index in [1.807, 2.05) is 0 Å². The molecule has 6 heteroatoms. The van der Waals surface area contributed by atoms with Crippen molar-refractivity contribution in [1.82, 2.24) is 0 Å². The Morgan fingerprint density at radius 1 is 1.29 bits per heavy atom. The van der Waals surface area contributed by atoms with Crippen LogP contribution in [-0.4, -0.2) is 35.9 Å². The van der Waals surface area contributed by atoms with Gasteiger partial charge in [-0.1, -0.05) is 0 Å². The zero-order chi connectivity index (χ0) is 12.8. The molecule has 0 spiro atoms. The SMILES string of the molecule is O=C(O)c1ccc(N(CCCl)CCCl)cc1F. The van der Waals surface area contributed by atoms with Crippen LogP contribution in [0.3, 0.4) is 0 Å². The predicted molar refractivity (Wildman–Crippen MR) is 67.0 cm³/mol. The van der Waals surface area contributed by atoms with E-state index >= 15 is 0 Å². The topological polar surface area (TPSA) is 40.5 Å². The van der Waals surface area contributed by atoms with Crippen molar-refractivity contribution in [1.29, 1.82) is 0 Å². The largest absolute Gasteiger partial charge is 0.478 e. The Morgan fingerprint density at radius 2 is 1.88 bits per heavy atom. The molecule has 0 heterocycles. The Balaban J connectivity index is 2.97. The molecule has 0 aromatic heterocycles. The lowest BCUT2D eigenvalue weighted by molar-refractivity contribution is 0.0692. The Morgan fingerprint density at radius 3 is 2.29 bits per heavy atom. The summed E-state index contributed by atoms with van der Waals surface area (Å²) in [7, 11) is 0. The molecule has 0 fully saturated rings. The fourth-order valence-corrected chi connectivity index (χ4v) is 1.86. The van der Waals surface area contributed by atoms with E-state index in [0.717, 1.165) is 0 Å². The first-order valence-corrected chi connectivity index (χ1v) is 6.06. The second-order valence-electron chi connectivity index (χ2n) is 3.33. The molecule has 0 amide bonds. The van der Waals surface area contributed by atoms with Crippen LogP contribution in [0.4, 0.5) is 10.1 Å². The van der Waals surface area contributed by atoms with Crippen molar-refractivity contribution < 1.29 is 14.3 Å². The Hall–Kier alpha value is -1.00. The summed E-state index contributed by atoms with van der Waals surface area (Å²) in [6.07, 6.45) is 0. The summed E-state index contributed by atoms with van der Waals surface area (Å²) in [5, 5.41) is 8.71. The zero-order valence-electron chi connectivity index (χ0n) is 9.00. The molecule has 1 aromatic rings. The van der Waals surface area contributed by atoms with Crippen LogP contribution in [0.5, 0.6) is 0 Å². The van der Waals surface area contributed by atoms with Gasteiger partial charge >= 0.3 is 5.97 Å². The lowest BCUT2D eigenvalue weighted by atomic mass is 10.2. The van der Waals surface area contributed by atoms with Crippen molar-refractivity contribution >= 4 is 34.9 Å². The molecule has 0 aliphatic rings. The fourth-order valence-electron chi connectivity index (χ4n) is 1.45. The van der Waals surface area contributed by atoms with E-state index in [-0.39, 0.29) is 5.56 Å². The van der Waals surface area contributed by atoms with E-state index in [9.17, 15) is 9.18 Å². The molecule has 0 unspecified atom stereocenters. The van der Waals surface area contributed by atoms with Gasteiger partial charge in [0, 0.05) is 30.5 Å². The molecule has 0 saturated heterocycles. The molecular formula is C11H12Cl2FNO2. The van der Waals surface area contributed by atoms with Gasteiger partial charge in [0.05, 0.1) is 5.56 Å². The lowest BCUT2D eigenvalue weighted by Crippen LogP contribution is -2.27. The van der Waals surface area contributed by atoms with Crippen LogP contribution < -0.4 is 4.90 Å². The van der Waals surface area contributed by atoms with Gasteiger partial charge in [-0.15, -0.1) is 23.2 Å². The van der Waals surface area contributed by atoms with Gasteiger partial charge in [0.25, 0.3) is 0 Å². The molecule has 1 rings (SSSR count). The van der Waals surface area contributed by atoms with Crippen molar-refractivity contribution in [2.75, 3.05) is 29.7 Å². The van der Waals surface area contributed by atoms with Crippen LogP contribution in [0, 0.1) is 5.82 Å². The van der Waals surface area contributed by atoms with Gasteiger partial charge in [0.15, 0.2) is 0 Å². The van der Waals surface area contributed by atoms with E-state index in [4.69, 9.17) is 28.3 Å². The van der Waals surface area contributed by atoms with Gasteiger partial charge in [0.1, 0.15) is 5.82 Å². The van der Waals surface area contributed by atoms with Gasteiger partial charge < -0.3 is 10.0 Å². The molecule has 1 aromatic carbocycles. The summed E-state index contributed by atoms with van der Waals surface area (Å²) >= 11 is 11.3. The summed E-state index contributed by atoms with van der Waals surface area (Å²) in [6.45, 7) is 1.06. The first-order valence-electron chi connectivity index (χ1n) is 5.00. The number of aromatic carboxylic acids is 1. The number of carbonyl (C=O) groups is 1. The number of carboxylic acids is 1. The van der Waals surface area contributed by atoms with Crippen LogP contribution in [0.25, 0.3) is 0 Å². The van der Waals surface area contributed by atoms with Crippen molar-refractivity contribution in [2.45, 2.75) is 0 Å². The normalized spacial score (nSPS) is 10.3. The molecular weight excluding hydrogens is 268 g/mol. The zero-order valence-corrected chi connectivity index (χ0v) is 10.5. The van der Waals surface area contributed by atoms with Gasteiger partial charge in [-0.05, 0) is 18.2 Å². The van der Waals surface area contributed by atoms with Gasteiger partial charge in [-0.3, -0.25) is 0 Å². The molecule has 0 radical (unpaired) electrons. The highest BCUT2D eigenvalue weighted by molar-refractivity contribution is 6.18. The number of carboxylic acid groups (broad SMARTS) is 1. The number of rotatable bonds is 6. The number of hydrogen-bond acceptors (Lipinski definition) is 2. The minimum Gasteiger partial charge on any atom is -0.478 e. The Kier molecular flexibility index (Phi) is 5.51. The van der Waals surface area contributed by atoms with E-state index in [1.165, 1.54) is 12.1 Å². The fraction of sp³-hybridized carbons (Fsp3) is 0.364. The maximum absolute atomic E-state index is 13.5. The third-order valence-electron chi connectivity index (χ3n) is 2.26. The average Bonchev–Trinajstić information content (AvgIpc) is 2.28. The molecule has 17 heavy (non-hydrogen) atoms. The van der Waals surface area contributed by atoms with Crippen molar-refractivity contribution in [3.8, 4) is 0 Å². The number of benzene rings is 1. The minimum absolute atomic E-state index is 0.342. The van der Waals surface area contributed by atoms with E-state index in [2.05, 4.69) is 0 Å². The lowest BCUT2D eigenvalue weighted by Gasteiger charge is -2.23. The molecule has 0 bridgehead atoms. The van der Waals surface area contributed by atoms with E-state index < -0.39 is 11.8 Å². The smallest absolute Gasteiger partial charge is 0.338 e. The van der Waals surface area contributed by atoms with Gasteiger partial charge in [-0.25, -0.2) is 9.18 Å². The third kappa shape index (κ3) is 3.75. The Bertz CT molecular complexity index is 395. The highest BCUT2D eigenvalue weighted by Gasteiger charge is 2.13. The average molecular weight is 280 g/mol. The summed E-state index contributed by atoms with van der Waals surface area (Å²) < 4.78 is 13.5. The Labute approximate surface area is 109 Å². The maximum Gasteiger partial charge on any atom is 0.338 e. The second-order valence-corrected chi connectivity index (χ2v) is 4.09. The highest BCUT2D eigenvalue weighted by atomic mass is 35.5. The molecule has 0 saturated carbocycles. The number of hydrogen-bond donors (Lipinski definition) is 1. The summed E-state index contributed by atoms with van der Waals surface area (Å²) in [5.74, 6) is -1.27. The summed E-state index contributed by atoms with van der Waals surface area (Å²) in [5.41, 5.74) is 0.235. The quantitative estimate of drug-likeness (QED) is 0.814. The van der Waals surface area contributed by atoms with Crippen LogP contribution in [0.1, 0.15) is 10.4 Å². The third-order valence-corrected chi connectivity index (χ3v) is 2.60. The first kappa shape index (κ1) is 14.1. The minimum atomic E-state index is -1.28. The number of halogens is 3. The van der Waals surface area contributed by atoms with Crippen molar-refractivity contribution in [3.05, 3.63) is 29.6 Å². The van der Waals surface area contributed by atoms with Crippen molar-refractivity contribution in [2.24, 2.45) is 0 Å². The van der Waals surface area contributed by atoms with Crippen LogP contribution in [0.2, 0.25) is 0 Å². The van der Waals surface area contributed by atoms with E-state index in [0.29, 0.717) is 30.5 Å². The molecule has 0 atom stereocenters. The molecule has 1 N–H and O–H groups in total. The van der Waals surface area contributed by atoms with Gasteiger partial charge in [0.2, 0.25) is 0 Å². The van der Waals surface area contributed by atoms with Gasteiger partial charge in [-0.2, -0.15) is 0 Å².